The van der Waals surface area contributed by atoms with Gasteiger partial charge in [-0.2, -0.15) is 5.10 Å². The van der Waals surface area contributed by atoms with Gasteiger partial charge in [-0.25, -0.2) is 4.79 Å². The highest BCUT2D eigenvalue weighted by atomic mass is 16.5. The maximum Gasteiger partial charge on any atom is 0.314 e. The molecule has 1 aromatic heterocycles. The first kappa shape index (κ1) is 13.9. The van der Waals surface area contributed by atoms with E-state index in [0.29, 0.717) is 19.6 Å². The molecule has 1 aliphatic carbocycles. The van der Waals surface area contributed by atoms with E-state index in [0.717, 1.165) is 19.4 Å². The third-order valence-electron chi connectivity index (χ3n) is 3.67. The molecule has 0 unspecified atom stereocenters. The normalized spacial score (nSPS) is 16.7. The minimum absolute atomic E-state index is 0.116. The number of carbonyl (C=O) groups is 1. The molecule has 0 aromatic carbocycles. The van der Waals surface area contributed by atoms with Crippen molar-refractivity contribution in [2.45, 2.75) is 25.8 Å². The Morgan fingerprint density at radius 1 is 1.47 bits per heavy atom. The molecule has 2 N–H and O–H groups in total. The summed E-state index contributed by atoms with van der Waals surface area (Å²) in [4.78, 5) is 11.7. The summed E-state index contributed by atoms with van der Waals surface area (Å²) in [5.41, 5.74) is 0.161. The first-order valence-corrected chi connectivity index (χ1v) is 6.72. The van der Waals surface area contributed by atoms with Gasteiger partial charge in [0, 0.05) is 38.0 Å². The molecule has 2 rings (SSSR count). The molecule has 0 atom stereocenters. The summed E-state index contributed by atoms with van der Waals surface area (Å²) >= 11 is 0. The Balaban J connectivity index is 1.61. The van der Waals surface area contributed by atoms with E-state index in [9.17, 15) is 4.79 Å². The lowest BCUT2D eigenvalue weighted by molar-refractivity contribution is 0.0200. The molecule has 106 valence electrons. The van der Waals surface area contributed by atoms with Crippen LogP contribution in [0.25, 0.3) is 0 Å². The van der Waals surface area contributed by atoms with Gasteiger partial charge in [-0.3, -0.25) is 4.68 Å². The molecule has 0 spiro atoms. The van der Waals surface area contributed by atoms with Gasteiger partial charge < -0.3 is 15.4 Å². The van der Waals surface area contributed by atoms with Gasteiger partial charge in [0.2, 0.25) is 0 Å². The number of hydrogen-bond donors (Lipinski definition) is 2. The van der Waals surface area contributed by atoms with E-state index in [-0.39, 0.29) is 11.4 Å². The third kappa shape index (κ3) is 3.96. The van der Waals surface area contributed by atoms with E-state index in [2.05, 4.69) is 15.7 Å². The summed E-state index contributed by atoms with van der Waals surface area (Å²) in [5, 5.41) is 9.84. The second kappa shape index (κ2) is 6.56. The van der Waals surface area contributed by atoms with Gasteiger partial charge in [-0.05, 0) is 18.9 Å². The van der Waals surface area contributed by atoms with Crippen molar-refractivity contribution in [2.24, 2.45) is 5.41 Å². The molecule has 1 saturated carbocycles. The van der Waals surface area contributed by atoms with Crippen LogP contribution in [0.1, 0.15) is 19.3 Å². The average molecular weight is 266 g/mol. The molecule has 0 radical (unpaired) electrons. The fraction of sp³-hybridized carbons (Fsp3) is 0.692. The lowest BCUT2D eigenvalue weighted by Crippen LogP contribution is -2.48. The van der Waals surface area contributed by atoms with Crippen LogP contribution in [0.5, 0.6) is 0 Å². The molecule has 0 saturated heterocycles. The van der Waals surface area contributed by atoms with Gasteiger partial charge in [0.25, 0.3) is 0 Å². The molecule has 1 aromatic rings. The number of aromatic nitrogens is 2. The van der Waals surface area contributed by atoms with E-state index in [4.69, 9.17) is 4.74 Å². The second-order valence-electron chi connectivity index (χ2n) is 5.17. The van der Waals surface area contributed by atoms with Crippen molar-refractivity contribution in [3.05, 3.63) is 18.5 Å². The maximum atomic E-state index is 11.7. The molecular weight excluding hydrogens is 244 g/mol. The molecule has 1 aliphatic rings. The number of nitrogens with zero attached hydrogens (tertiary/aromatic N) is 2. The summed E-state index contributed by atoms with van der Waals surface area (Å²) in [5.74, 6) is 0. The van der Waals surface area contributed by atoms with Crippen LogP contribution in [-0.2, 0) is 11.3 Å². The van der Waals surface area contributed by atoms with Crippen LogP contribution in [0.2, 0.25) is 0 Å². The van der Waals surface area contributed by atoms with E-state index < -0.39 is 0 Å². The van der Waals surface area contributed by atoms with Crippen molar-refractivity contribution in [3.63, 3.8) is 0 Å². The predicted molar refractivity (Wildman–Crippen MR) is 71.8 cm³/mol. The van der Waals surface area contributed by atoms with Crippen LogP contribution < -0.4 is 10.6 Å². The Kier molecular flexibility index (Phi) is 4.79. The lowest BCUT2D eigenvalue weighted by Gasteiger charge is -2.41. The van der Waals surface area contributed by atoms with Crippen molar-refractivity contribution in [1.29, 1.82) is 0 Å². The Morgan fingerprint density at radius 2 is 2.32 bits per heavy atom. The minimum Gasteiger partial charge on any atom is -0.384 e. The molecule has 1 heterocycles. The number of carbonyl (C=O) groups excluding carboxylic acids is 1. The zero-order valence-electron chi connectivity index (χ0n) is 11.4. The van der Waals surface area contributed by atoms with E-state index in [1.54, 1.807) is 18.0 Å². The van der Waals surface area contributed by atoms with Crippen LogP contribution in [0.3, 0.4) is 0 Å². The van der Waals surface area contributed by atoms with Crippen molar-refractivity contribution in [2.75, 3.05) is 26.8 Å². The van der Waals surface area contributed by atoms with Gasteiger partial charge in [-0.15, -0.1) is 0 Å². The number of nitrogens with one attached hydrogen (secondary N) is 2. The average Bonchev–Trinajstić information content (AvgIpc) is 2.85. The fourth-order valence-corrected chi connectivity index (χ4v) is 2.40. The lowest BCUT2D eigenvalue weighted by atomic mass is 9.69. The molecule has 0 bridgehead atoms. The highest BCUT2D eigenvalue weighted by molar-refractivity contribution is 5.73. The largest absolute Gasteiger partial charge is 0.384 e. The highest BCUT2D eigenvalue weighted by Crippen LogP contribution is 2.40. The van der Waals surface area contributed by atoms with E-state index >= 15 is 0 Å². The Bertz CT molecular complexity index is 387. The number of urea groups is 1. The number of ether oxygens (including phenoxy) is 1. The summed E-state index contributed by atoms with van der Waals surface area (Å²) < 4.78 is 7.02. The van der Waals surface area contributed by atoms with Crippen LogP contribution in [-0.4, -0.2) is 42.6 Å². The quantitative estimate of drug-likeness (QED) is 0.773. The van der Waals surface area contributed by atoms with Crippen molar-refractivity contribution < 1.29 is 9.53 Å². The molecule has 0 aliphatic heterocycles. The monoisotopic (exact) mass is 266 g/mol. The SMILES string of the molecule is COCC1(CNC(=O)NCCn2cccn2)CCC1. The third-order valence-corrected chi connectivity index (χ3v) is 3.67. The van der Waals surface area contributed by atoms with Gasteiger partial charge in [0.05, 0.1) is 13.2 Å². The van der Waals surface area contributed by atoms with Crippen LogP contribution >= 0.6 is 0 Å². The smallest absolute Gasteiger partial charge is 0.314 e. The Hall–Kier alpha value is -1.56. The highest BCUT2D eigenvalue weighted by Gasteiger charge is 2.37. The van der Waals surface area contributed by atoms with Crippen molar-refractivity contribution >= 4 is 6.03 Å². The van der Waals surface area contributed by atoms with Crippen LogP contribution in [0.4, 0.5) is 4.79 Å². The number of amides is 2. The molecule has 2 amide bonds. The second-order valence-corrected chi connectivity index (χ2v) is 5.17. The number of methoxy groups -OCH3 is 1. The number of hydrogen-bond acceptors (Lipinski definition) is 3. The Labute approximate surface area is 113 Å². The summed E-state index contributed by atoms with van der Waals surface area (Å²) in [6, 6.07) is 1.75. The van der Waals surface area contributed by atoms with Gasteiger partial charge >= 0.3 is 6.03 Å². The number of rotatable bonds is 7. The van der Waals surface area contributed by atoms with E-state index in [1.165, 1.54) is 6.42 Å². The summed E-state index contributed by atoms with van der Waals surface area (Å²) in [6.07, 6.45) is 7.10. The predicted octanol–water partition coefficient (Wildman–Crippen LogP) is 0.999. The van der Waals surface area contributed by atoms with Gasteiger partial charge in [-0.1, -0.05) is 6.42 Å². The van der Waals surface area contributed by atoms with Crippen LogP contribution in [0, 0.1) is 5.41 Å². The first-order chi connectivity index (χ1) is 9.24. The van der Waals surface area contributed by atoms with E-state index in [1.807, 2.05) is 12.3 Å². The summed E-state index contributed by atoms with van der Waals surface area (Å²) in [7, 11) is 1.71. The van der Waals surface area contributed by atoms with Gasteiger partial charge in [0.15, 0.2) is 0 Å². The summed E-state index contributed by atoms with van der Waals surface area (Å²) in [6.45, 7) is 2.67. The molecule has 1 fully saturated rings. The maximum absolute atomic E-state index is 11.7. The van der Waals surface area contributed by atoms with Crippen molar-refractivity contribution in [3.8, 4) is 0 Å². The minimum atomic E-state index is -0.116. The zero-order chi connectivity index (χ0) is 13.6. The molecular formula is C13H22N4O2. The zero-order valence-corrected chi connectivity index (χ0v) is 11.4. The van der Waals surface area contributed by atoms with Gasteiger partial charge in [0.1, 0.15) is 0 Å². The Morgan fingerprint density at radius 3 is 2.89 bits per heavy atom. The molecule has 19 heavy (non-hydrogen) atoms. The topological polar surface area (TPSA) is 68.2 Å². The van der Waals surface area contributed by atoms with Crippen LogP contribution in [0.15, 0.2) is 18.5 Å². The van der Waals surface area contributed by atoms with Crippen molar-refractivity contribution in [1.82, 2.24) is 20.4 Å². The standard InChI is InChI=1S/C13H22N4O2/c1-19-11-13(4-2-5-13)10-15-12(18)14-7-9-17-8-3-6-16-17/h3,6,8H,2,4-5,7,9-11H2,1H3,(H2,14,15,18). The fourth-order valence-electron chi connectivity index (χ4n) is 2.40. The molecule has 6 heteroatoms. The molecule has 6 nitrogen and oxygen atoms in total. The first-order valence-electron chi connectivity index (χ1n) is 6.72.